The van der Waals surface area contributed by atoms with Gasteiger partial charge in [0.2, 0.25) is 0 Å². The number of benzene rings is 1. The van der Waals surface area contributed by atoms with Gasteiger partial charge in [-0.25, -0.2) is 8.78 Å². The molecule has 1 saturated carbocycles. The fraction of sp³-hybridized carbons (Fsp3) is 0.593. The van der Waals surface area contributed by atoms with Crippen molar-refractivity contribution in [3.63, 3.8) is 0 Å². The van der Waals surface area contributed by atoms with E-state index < -0.39 is 54.6 Å². The lowest BCUT2D eigenvalue weighted by Gasteiger charge is -2.37. The third-order valence-corrected chi connectivity index (χ3v) is 7.57. The fourth-order valence-electron chi connectivity index (χ4n) is 5.68. The highest BCUT2D eigenvalue weighted by Gasteiger charge is 2.38. The molecule has 1 aromatic heterocycles. The zero-order chi connectivity index (χ0) is 28.4. The van der Waals surface area contributed by atoms with Crippen molar-refractivity contribution in [2.75, 3.05) is 13.1 Å². The van der Waals surface area contributed by atoms with Crippen LogP contribution >= 0.6 is 0 Å². The van der Waals surface area contributed by atoms with E-state index in [1.165, 1.54) is 28.9 Å². The van der Waals surface area contributed by atoms with E-state index in [0.29, 0.717) is 25.8 Å². The van der Waals surface area contributed by atoms with Crippen LogP contribution < -0.4 is 5.32 Å². The van der Waals surface area contributed by atoms with Crippen LogP contribution in [0.3, 0.4) is 0 Å². The van der Waals surface area contributed by atoms with E-state index in [4.69, 9.17) is 0 Å². The minimum Gasteiger partial charge on any atom is -0.481 e. The second kappa shape index (κ2) is 11.6. The van der Waals surface area contributed by atoms with Gasteiger partial charge in [0.15, 0.2) is 5.69 Å². The monoisotopic (exact) mass is 556 g/mol. The molecule has 2 atom stereocenters. The van der Waals surface area contributed by atoms with Gasteiger partial charge in [0.05, 0.1) is 30.3 Å². The van der Waals surface area contributed by atoms with Crippen molar-refractivity contribution >= 4 is 11.9 Å². The fourth-order valence-corrected chi connectivity index (χ4v) is 5.68. The van der Waals surface area contributed by atoms with E-state index in [1.54, 1.807) is 11.8 Å². The molecule has 2 N–H and O–H groups in total. The molecule has 1 saturated heterocycles. The average molecular weight is 557 g/mol. The smallest absolute Gasteiger partial charge is 0.417 e. The van der Waals surface area contributed by atoms with Gasteiger partial charge in [-0.15, -0.1) is 0 Å². The highest BCUT2D eigenvalue weighted by Crippen LogP contribution is 2.40. The number of halogens is 5. The standard InChI is InChI=1S/C27H33F5N4O3/c1-17(35-12-6-11-26(28,29)16-35)13-18(14-24(37)38)33-25(39)22-15-23(36(34-22)19-7-2-3-8-19)20-9-4-5-10-21(20)27(30,31)32/h4-5,9-10,15,17-19H,2-3,6-8,11-14,16H2,1H3,(H,33,39)(H,37,38)/t17?,18-/m0/s1. The van der Waals surface area contributed by atoms with Gasteiger partial charge in [-0.05, 0) is 51.3 Å². The van der Waals surface area contributed by atoms with Gasteiger partial charge >= 0.3 is 12.1 Å². The molecule has 7 nitrogen and oxygen atoms in total. The maximum absolute atomic E-state index is 13.9. The van der Waals surface area contributed by atoms with Crippen LogP contribution in [0.1, 0.15) is 80.4 Å². The highest BCUT2D eigenvalue weighted by atomic mass is 19.4. The summed E-state index contributed by atoms with van der Waals surface area (Å²) in [7, 11) is 0. The number of aromatic nitrogens is 2. The predicted molar refractivity (Wildman–Crippen MR) is 134 cm³/mol. The lowest BCUT2D eigenvalue weighted by atomic mass is 9.99. The summed E-state index contributed by atoms with van der Waals surface area (Å²) in [5.74, 6) is -4.72. The van der Waals surface area contributed by atoms with Gasteiger partial charge < -0.3 is 10.4 Å². The van der Waals surface area contributed by atoms with Crippen molar-refractivity contribution in [2.45, 2.75) is 88.5 Å². The van der Waals surface area contributed by atoms with Gasteiger partial charge in [0, 0.05) is 24.1 Å². The van der Waals surface area contributed by atoms with Gasteiger partial charge in [-0.1, -0.05) is 31.0 Å². The molecule has 1 aromatic carbocycles. The molecule has 214 valence electrons. The first-order valence-corrected chi connectivity index (χ1v) is 13.2. The lowest BCUT2D eigenvalue weighted by Crippen LogP contribution is -2.49. The summed E-state index contributed by atoms with van der Waals surface area (Å²) in [6, 6.07) is 4.94. The summed E-state index contributed by atoms with van der Waals surface area (Å²) in [6.45, 7) is 1.72. The molecule has 1 aliphatic heterocycles. The molecule has 0 spiro atoms. The molecule has 2 aliphatic rings. The second-order valence-corrected chi connectivity index (χ2v) is 10.6. The molecule has 4 rings (SSSR count). The summed E-state index contributed by atoms with van der Waals surface area (Å²) in [4.78, 5) is 26.4. The Balaban J connectivity index is 1.59. The van der Waals surface area contributed by atoms with Crippen LogP contribution in [0.4, 0.5) is 22.0 Å². The minimum absolute atomic E-state index is 0.0924. The number of amides is 1. The third kappa shape index (κ3) is 7.14. The van der Waals surface area contributed by atoms with Crippen LogP contribution in [0.2, 0.25) is 0 Å². The van der Waals surface area contributed by atoms with E-state index in [9.17, 15) is 36.6 Å². The molecular weight excluding hydrogens is 523 g/mol. The molecule has 2 fully saturated rings. The first kappa shape index (κ1) is 29.0. The molecule has 12 heteroatoms. The number of carbonyl (C=O) groups is 2. The van der Waals surface area contributed by atoms with Crippen molar-refractivity contribution in [1.29, 1.82) is 0 Å². The zero-order valence-corrected chi connectivity index (χ0v) is 21.7. The number of carbonyl (C=O) groups excluding carboxylic acids is 1. The first-order valence-electron chi connectivity index (χ1n) is 13.2. The molecule has 0 bridgehead atoms. The highest BCUT2D eigenvalue weighted by molar-refractivity contribution is 5.94. The number of aliphatic carboxylic acids is 1. The topological polar surface area (TPSA) is 87.5 Å². The summed E-state index contributed by atoms with van der Waals surface area (Å²) in [5.41, 5.74) is -0.891. The Bertz CT molecular complexity index is 1180. The van der Waals surface area contributed by atoms with Gasteiger partial charge in [-0.3, -0.25) is 19.2 Å². The number of carboxylic acids is 1. The quantitative estimate of drug-likeness (QED) is 0.383. The number of hydrogen-bond donors (Lipinski definition) is 2. The van der Waals surface area contributed by atoms with Crippen LogP contribution in [-0.4, -0.2) is 62.8 Å². The second-order valence-electron chi connectivity index (χ2n) is 10.6. The number of piperidine rings is 1. The Morgan fingerprint density at radius 3 is 2.51 bits per heavy atom. The third-order valence-electron chi connectivity index (χ3n) is 7.57. The number of rotatable bonds is 9. The van der Waals surface area contributed by atoms with Crippen LogP contribution in [0.5, 0.6) is 0 Å². The molecular formula is C27H33F5N4O3. The molecule has 2 aromatic rings. The Hall–Kier alpha value is -3.02. The minimum atomic E-state index is -4.61. The number of hydrogen-bond acceptors (Lipinski definition) is 4. The molecule has 2 heterocycles. The van der Waals surface area contributed by atoms with Crippen molar-refractivity contribution in [2.24, 2.45) is 0 Å². The van der Waals surface area contributed by atoms with E-state index in [2.05, 4.69) is 10.4 Å². The normalized spacial score (nSPS) is 20.1. The Morgan fingerprint density at radius 2 is 1.87 bits per heavy atom. The summed E-state index contributed by atoms with van der Waals surface area (Å²) in [6.07, 6.45) is -1.62. The van der Waals surface area contributed by atoms with Crippen LogP contribution in [0, 0.1) is 0 Å². The van der Waals surface area contributed by atoms with E-state index in [-0.39, 0.29) is 35.8 Å². The molecule has 1 amide bonds. The van der Waals surface area contributed by atoms with Crippen LogP contribution in [0.15, 0.2) is 30.3 Å². The molecule has 1 aliphatic carbocycles. The van der Waals surface area contributed by atoms with Crippen molar-refractivity contribution in [3.05, 3.63) is 41.6 Å². The van der Waals surface area contributed by atoms with E-state index in [0.717, 1.165) is 18.9 Å². The molecule has 0 radical (unpaired) electrons. The van der Waals surface area contributed by atoms with Crippen molar-refractivity contribution < 1.29 is 36.6 Å². The number of likely N-dealkylation sites (tertiary alicyclic amines) is 1. The van der Waals surface area contributed by atoms with Gasteiger partial charge in [-0.2, -0.15) is 18.3 Å². The SMILES string of the molecule is CC(C[C@@H](CC(=O)O)NC(=O)c1cc(-c2ccccc2C(F)(F)F)n(C2CCCC2)n1)N1CCCC(F)(F)C1. The van der Waals surface area contributed by atoms with E-state index in [1.807, 2.05) is 0 Å². The summed E-state index contributed by atoms with van der Waals surface area (Å²) in [5, 5.41) is 16.5. The summed E-state index contributed by atoms with van der Waals surface area (Å²) < 4.78 is 70.7. The Kier molecular flexibility index (Phi) is 8.63. The number of carboxylic acid groups (broad SMARTS) is 1. The predicted octanol–water partition coefficient (Wildman–Crippen LogP) is 5.77. The maximum atomic E-state index is 13.9. The van der Waals surface area contributed by atoms with E-state index >= 15 is 0 Å². The Morgan fingerprint density at radius 1 is 1.18 bits per heavy atom. The van der Waals surface area contributed by atoms with Gasteiger partial charge in [0.25, 0.3) is 11.8 Å². The largest absolute Gasteiger partial charge is 0.481 e. The summed E-state index contributed by atoms with van der Waals surface area (Å²) >= 11 is 0. The average Bonchev–Trinajstić information content (AvgIpc) is 3.52. The number of nitrogens with zero attached hydrogens (tertiary/aromatic N) is 3. The number of alkyl halides is 5. The molecule has 1 unspecified atom stereocenters. The maximum Gasteiger partial charge on any atom is 0.417 e. The lowest BCUT2D eigenvalue weighted by molar-refractivity contribution is -0.138. The van der Waals surface area contributed by atoms with Crippen LogP contribution in [0.25, 0.3) is 11.3 Å². The van der Waals surface area contributed by atoms with Crippen molar-refractivity contribution in [1.82, 2.24) is 20.0 Å². The zero-order valence-electron chi connectivity index (χ0n) is 21.7. The number of nitrogens with one attached hydrogen (secondary N) is 1. The Labute approximate surface area is 223 Å². The molecule has 39 heavy (non-hydrogen) atoms. The van der Waals surface area contributed by atoms with Gasteiger partial charge in [0.1, 0.15) is 0 Å². The first-order chi connectivity index (χ1) is 18.3. The van der Waals surface area contributed by atoms with Crippen LogP contribution in [-0.2, 0) is 11.0 Å². The van der Waals surface area contributed by atoms with Crippen molar-refractivity contribution in [3.8, 4) is 11.3 Å².